The molecule has 3 amide bonds. The maximum atomic E-state index is 13.1. The number of fused-ring (bicyclic) bond motifs is 5. The first-order valence-corrected chi connectivity index (χ1v) is 8.05. The first-order chi connectivity index (χ1) is 11.5. The van der Waals surface area contributed by atoms with E-state index in [1.165, 1.54) is 18.2 Å². The van der Waals surface area contributed by atoms with Crippen LogP contribution in [0.3, 0.4) is 0 Å². The zero-order valence-corrected chi connectivity index (χ0v) is 13.2. The quantitative estimate of drug-likeness (QED) is 0.680. The van der Waals surface area contributed by atoms with Gasteiger partial charge in [0.05, 0.1) is 11.8 Å². The minimum absolute atomic E-state index is 0.129. The number of aryl methyl sites for hydroxylation is 1. The smallest absolute Gasteiger partial charge is 0.244 e. The highest BCUT2D eigenvalue weighted by molar-refractivity contribution is 6.09. The number of nitrogens with one attached hydrogen (secondary N) is 1. The summed E-state index contributed by atoms with van der Waals surface area (Å²) in [5, 5.41) is 2.64. The van der Waals surface area contributed by atoms with Crippen LogP contribution in [0.4, 0.5) is 10.1 Å². The van der Waals surface area contributed by atoms with Crippen molar-refractivity contribution in [2.45, 2.75) is 13.3 Å². The van der Waals surface area contributed by atoms with Gasteiger partial charge < -0.3 is 5.32 Å². The van der Waals surface area contributed by atoms with Crippen LogP contribution in [0.25, 0.3) is 0 Å². The second-order valence-electron chi connectivity index (χ2n) is 6.77. The van der Waals surface area contributed by atoms with Gasteiger partial charge in [0, 0.05) is 5.69 Å². The number of imide groups is 1. The molecule has 3 aliphatic rings. The van der Waals surface area contributed by atoms with E-state index in [-0.39, 0.29) is 47.8 Å². The van der Waals surface area contributed by atoms with E-state index in [9.17, 15) is 18.8 Å². The standard InChI is InChI=1S/C18H17FN2O3/c1-9-6-12(19)4-5-13(9)20-14(22)8-21-17(23)15-10-2-3-11(7-10)16(15)18(21)24/h2-6,10-11,15-16H,7-8H2,1H3,(H,20,22). The molecule has 24 heavy (non-hydrogen) atoms. The molecule has 0 aromatic heterocycles. The van der Waals surface area contributed by atoms with Crippen LogP contribution in [-0.4, -0.2) is 29.2 Å². The van der Waals surface area contributed by atoms with Crippen molar-refractivity contribution >= 4 is 23.4 Å². The van der Waals surface area contributed by atoms with E-state index in [2.05, 4.69) is 5.32 Å². The highest BCUT2D eigenvalue weighted by atomic mass is 19.1. The predicted octanol–water partition coefficient (Wildman–Crippen LogP) is 1.88. The minimum atomic E-state index is -0.452. The topological polar surface area (TPSA) is 66.5 Å². The summed E-state index contributed by atoms with van der Waals surface area (Å²) in [7, 11) is 0. The van der Waals surface area contributed by atoms with E-state index in [1.807, 2.05) is 12.2 Å². The second kappa shape index (κ2) is 5.26. The third-order valence-corrected chi connectivity index (χ3v) is 5.33. The Kier molecular flexibility index (Phi) is 3.30. The van der Waals surface area contributed by atoms with Gasteiger partial charge in [-0.05, 0) is 48.9 Å². The van der Waals surface area contributed by atoms with Crippen molar-refractivity contribution in [1.82, 2.24) is 4.90 Å². The van der Waals surface area contributed by atoms with Crippen LogP contribution in [0, 0.1) is 36.4 Å². The first kappa shape index (κ1) is 15.1. The van der Waals surface area contributed by atoms with E-state index >= 15 is 0 Å². The van der Waals surface area contributed by atoms with E-state index in [0.717, 1.165) is 11.3 Å². The highest BCUT2D eigenvalue weighted by Gasteiger charge is 2.59. The van der Waals surface area contributed by atoms with Gasteiger partial charge in [-0.1, -0.05) is 12.2 Å². The minimum Gasteiger partial charge on any atom is -0.324 e. The van der Waals surface area contributed by atoms with Crippen LogP contribution in [0.2, 0.25) is 0 Å². The molecular formula is C18H17FN2O3. The molecule has 1 heterocycles. The number of rotatable bonds is 3. The molecule has 124 valence electrons. The van der Waals surface area contributed by atoms with Gasteiger partial charge in [0.2, 0.25) is 17.7 Å². The predicted molar refractivity (Wildman–Crippen MR) is 84.2 cm³/mol. The maximum absolute atomic E-state index is 13.1. The number of nitrogens with zero attached hydrogens (tertiary/aromatic N) is 1. The highest BCUT2D eigenvalue weighted by Crippen LogP contribution is 2.52. The van der Waals surface area contributed by atoms with Crippen molar-refractivity contribution in [3.63, 3.8) is 0 Å². The first-order valence-electron chi connectivity index (χ1n) is 8.05. The van der Waals surface area contributed by atoms with Crippen molar-refractivity contribution in [3.8, 4) is 0 Å². The lowest BCUT2D eigenvalue weighted by molar-refractivity contribution is -0.143. The van der Waals surface area contributed by atoms with Gasteiger partial charge in [0.25, 0.3) is 0 Å². The summed E-state index contributed by atoms with van der Waals surface area (Å²) in [4.78, 5) is 38.4. The molecule has 5 nitrogen and oxygen atoms in total. The zero-order chi connectivity index (χ0) is 17.0. The van der Waals surface area contributed by atoms with Gasteiger partial charge in [0.15, 0.2) is 0 Å². The monoisotopic (exact) mass is 328 g/mol. The Hall–Kier alpha value is -2.50. The molecule has 1 aliphatic heterocycles. The number of allylic oxidation sites excluding steroid dienone is 2. The van der Waals surface area contributed by atoms with Gasteiger partial charge in [-0.3, -0.25) is 19.3 Å². The van der Waals surface area contributed by atoms with Crippen molar-refractivity contribution in [1.29, 1.82) is 0 Å². The number of carbonyl (C=O) groups excluding carboxylic acids is 3. The Morgan fingerprint density at radius 2 is 1.83 bits per heavy atom. The van der Waals surface area contributed by atoms with Crippen molar-refractivity contribution < 1.29 is 18.8 Å². The number of hydrogen-bond acceptors (Lipinski definition) is 3. The largest absolute Gasteiger partial charge is 0.324 e. The number of likely N-dealkylation sites (tertiary alicyclic amines) is 1. The SMILES string of the molecule is Cc1cc(F)ccc1NC(=O)CN1C(=O)C2C3C=CC(C3)C2C1=O. The summed E-state index contributed by atoms with van der Waals surface area (Å²) in [6, 6.07) is 4.03. The van der Waals surface area contributed by atoms with Crippen molar-refractivity contribution in [3.05, 3.63) is 41.7 Å². The molecule has 0 radical (unpaired) electrons. The van der Waals surface area contributed by atoms with E-state index in [0.29, 0.717) is 11.3 Å². The maximum Gasteiger partial charge on any atom is 0.244 e. The lowest BCUT2D eigenvalue weighted by Gasteiger charge is -2.17. The molecule has 1 saturated heterocycles. The molecule has 4 rings (SSSR count). The lowest BCUT2D eigenvalue weighted by atomic mass is 9.85. The molecule has 4 unspecified atom stereocenters. The van der Waals surface area contributed by atoms with Crippen LogP contribution in [0.15, 0.2) is 30.4 Å². The second-order valence-corrected chi connectivity index (χ2v) is 6.77. The molecule has 1 aromatic carbocycles. The van der Waals surface area contributed by atoms with Crippen LogP contribution < -0.4 is 5.32 Å². The lowest BCUT2D eigenvalue weighted by Crippen LogP contribution is -2.39. The molecular weight excluding hydrogens is 311 g/mol. The summed E-state index contributed by atoms with van der Waals surface area (Å²) in [6.07, 6.45) is 4.90. The van der Waals surface area contributed by atoms with Crippen LogP contribution >= 0.6 is 0 Å². The molecule has 1 N–H and O–H groups in total. The summed E-state index contributed by atoms with van der Waals surface area (Å²) in [5.41, 5.74) is 1.06. The number of benzene rings is 1. The molecule has 6 heteroatoms. The number of hydrogen-bond donors (Lipinski definition) is 1. The van der Waals surface area contributed by atoms with E-state index < -0.39 is 5.91 Å². The molecule has 2 aliphatic carbocycles. The normalized spacial score (nSPS) is 30.2. The summed E-state index contributed by atoms with van der Waals surface area (Å²) < 4.78 is 13.1. The summed E-state index contributed by atoms with van der Waals surface area (Å²) in [5.74, 6) is -1.66. The Bertz CT molecular complexity index is 758. The Morgan fingerprint density at radius 1 is 1.21 bits per heavy atom. The van der Waals surface area contributed by atoms with Gasteiger partial charge in [0.1, 0.15) is 12.4 Å². The van der Waals surface area contributed by atoms with E-state index in [1.54, 1.807) is 6.92 Å². The number of amides is 3. The number of carbonyl (C=O) groups is 3. The van der Waals surface area contributed by atoms with Crippen molar-refractivity contribution in [2.75, 3.05) is 11.9 Å². The fraction of sp³-hybridized carbons (Fsp3) is 0.389. The van der Waals surface area contributed by atoms with Crippen molar-refractivity contribution in [2.24, 2.45) is 23.7 Å². The number of halogens is 1. The average molecular weight is 328 g/mol. The summed E-state index contributed by atoms with van der Waals surface area (Å²) in [6.45, 7) is 1.39. The van der Waals surface area contributed by atoms with Crippen LogP contribution in [0.5, 0.6) is 0 Å². The van der Waals surface area contributed by atoms with Gasteiger partial charge in [-0.2, -0.15) is 0 Å². The molecule has 2 bridgehead atoms. The molecule has 4 atom stereocenters. The fourth-order valence-corrected chi connectivity index (χ4v) is 4.22. The van der Waals surface area contributed by atoms with Gasteiger partial charge >= 0.3 is 0 Å². The molecule has 1 aromatic rings. The Labute approximate surface area is 138 Å². The number of anilines is 1. The summed E-state index contributed by atoms with van der Waals surface area (Å²) >= 11 is 0. The zero-order valence-electron chi connectivity index (χ0n) is 13.2. The molecule has 2 fully saturated rings. The van der Waals surface area contributed by atoms with Gasteiger partial charge in [-0.15, -0.1) is 0 Å². The Morgan fingerprint density at radius 3 is 2.42 bits per heavy atom. The Balaban J connectivity index is 1.47. The third-order valence-electron chi connectivity index (χ3n) is 5.33. The van der Waals surface area contributed by atoms with Gasteiger partial charge in [-0.25, -0.2) is 4.39 Å². The van der Waals surface area contributed by atoms with E-state index in [4.69, 9.17) is 0 Å². The van der Waals surface area contributed by atoms with Crippen LogP contribution in [0.1, 0.15) is 12.0 Å². The average Bonchev–Trinajstić information content (AvgIpc) is 3.20. The molecule has 1 saturated carbocycles. The third kappa shape index (κ3) is 2.17. The molecule has 0 spiro atoms. The fourth-order valence-electron chi connectivity index (χ4n) is 4.22. The van der Waals surface area contributed by atoms with Crippen LogP contribution in [-0.2, 0) is 14.4 Å².